The van der Waals surface area contributed by atoms with E-state index in [-0.39, 0.29) is 30.0 Å². The molecule has 0 spiro atoms. The number of amides is 4. The Kier molecular flexibility index (Phi) is 8.30. The Bertz CT molecular complexity index is 1190. The smallest absolute Gasteiger partial charge is 0.246 e. The molecule has 2 aromatic carbocycles. The number of rotatable bonds is 4. The molecule has 9 heteroatoms. The number of carbonyl (C=O) groups excluding carboxylic acids is 4. The highest BCUT2D eigenvalue weighted by Crippen LogP contribution is 2.27. The Morgan fingerprint density at radius 2 is 1.37 bits per heavy atom. The van der Waals surface area contributed by atoms with Gasteiger partial charge in [-0.05, 0) is 78.0 Å². The van der Waals surface area contributed by atoms with E-state index in [4.69, 9.17) is 0 Å². The second-order valence-electron chi connectivity index (χ2n) is 10.4. The molecule has 0 radical (unpaired) electrons. The van der Waals surface area contributed by atoms with E-state index in [0.29, 0.717) is 38.8 Å². The number of nitrogens with zero attached hydrogens (tertiary/aromatic N) is 2. The highest BCUT2D eigenvalue weighted by molar-refractivity contribution is 14.1. The van der Waals surface area contributed by atoms with E-state index in [1.165, 1.54) is 0 Å². The Morgan fingerprint density at radius 1 is 0.737 bits per heavy atom. The second-order valence-corrected chi connectivity index (χ2v) is 11.7. The summed E-state index contributed by atoms with van der Waals surface area (Å²) < 4.78 is 1.08. The van der Waals surface area contributed by atoms with Crippen LogP contribution in [0.15, 0.2) is 54.6 Å². The van der Waals surface area contributed by atoms with E-state index < -0.39 is 24.2 Å². The first-order valence-electron chi connectivity index (χ1n) is 13.4. The molecule has 38 heavy (non-hydrogen) atoms. The van der Waals surface area contributed by atoms with E-state index in [9.17, 15) is 19.2 Å². The minimum Gasteiger partial charge on any atom is -0.351 e. The Balaban J connectivity index is 1.46. The van der Waals surface area contributed by atoms with Gasteiger partial charge in [0.1, 0.15) is 18.1 Å². The van der Waals surface area contributed by atoms with Crippen LogP contribution in [0.4, 0.5) is 0 Å². The minimum absolute atomic E-state index is 0.0429. The number of hydrogen-bond acceptors (Lipinski definition) is 4. The molecule has 3 fully saturated rings. The van der Waals surface area contributed by atoms with Crippen molar-refractivity contribution in [3.8, 4) is 0 Å². The molecular formula is C29H33IN4O4. The van der Waals surface area contributed by atoms with Crippen molar-refractivity contribution in [2.24, 2.45) is 0 Å². The van der Waals surface area contributed by atoms with E-state index in [0.717, 1.165) is 27.5 Å². The molecule has 4 amide bonds. The van der Waals surface area contributed by atoms with Gasteiger partial charge in [0.2, 0.25) is 23.6 Å². The van der Waals surface area contributed by atoms with Crippen molar-refractivity contribution >= 4 is 46.2 Å². The third-order valence-corrected chi connectivity index (χ3v) is 8.47. The van der Waals surface area contributed by atoms with Crippen LogP contribution < -0.4 is 10.6 Å². The van der Waals surface area contributed by atoms with Crippen molar-refractivity contribution in [1.29, 1.82) is 0 Å². The van der Waals surface area contributed by atoms with Crippen molar-refractivity contribution in [2.45, 2.75) is 69.1 Å². The normalized spacial score (nSPS) is 26.6. The number of hydrogen-bond donors (Lipinski definition) is 2. The minimum atomic E-state index is -0.792. The number of fused-ring (bicyclic) bond motifs is 2. The maximum absolute atomic E-state index is 13.9. The lowest BCUT2D eigenvalue weighted by atomic mass is 10.0. The third-order valence-electron chi connectivity index (χ3n) is 7.75. The number of carbonyl (C=O) groups is 4. The summed E-state index contributed by atoms with van der Waals surface area (Å²) >= 11 is 2.23. The molecule has 0 saturated carbocycles. The van der Waals surface area contributed by atoms with Crippen molar-refractivity contribution < 1.29 is 19.2 Å². The van der Waals surface area contributed by atoms with E-state index in [1.54, 1.807) is 9.80 Å². The molecule has 0 aromatic heterocycles. The quantitative estimate of drug-likeness (QED) is 0.509. The maximum Gasteiger partial charge on any atom is 0.246 e. The summed E-state index contributed by atoms with van der Waals surface area (Å²) in [5.41, 5.74) is 1.94. The predicted molar refractivity (Wildman–Crippen MR) is 151 cm³/mol. The number of nitrogens with one attached hydrogen (secondary N) is 2. The van der Waals surface area contributed by atoms with Crippen LogP contribution in [-0.2, 0) is 32.0 Å². The third kappa shape index (κ3) is 6.03. The van der Waals surface area contributed by atoms with Crippen molar-refractivity contribution in [1.82, 2.24) is 20.4 Å². The fraction of sp³-hybridized carbons (Fsp3) is 0.448. The summed E-state index contributed by atoms with van der Waals surface area (Å²) in [6.07, 6.45) is 3.46. The molecule has 0 bridgehead atoms. The van der Waals surface area contributed by atoms with Gasteiger partial charge in [-0.1, -0.05) is 42.5 Å². The van der Waals surface area contributed by atoms with Crippen LogP contribution in [0.5, 0.6) is 0 Å². The van der Waals surface area contributed by atoms with Gasteiger partial charge < -0.3 is 20.4 Å². The lowest BCUT2D eigenvalue weighted by Crippen LogP contribution is -2.56. The highest BCUT2D eigenvalue weighted by atomic mass is 127. The zero-order valence-electron chi connectivity index (χ0n) is 21.3. The van der Waals surface area contributed by atoms with Gasteiger partial charge in [-0.2, -0.15) is 0 Å². The Morgan fingerprint density at radius 3 is 2.08 bits per heavy atom. The monoisotopic (exact) mass is 628 g/mol. The summed E-state index contributed by atoms with van der Waals surface area (Å²) in [5.74, 6) is -0.914. The topological polar surface area (TPSA) is 98.8 Å². The summed E-state index contributed by atoms with van der Waals surface area (Å²) in [7, 11) is 0. The van der Waals surface area contributed by atoms with Gasteiger partial charge in [-0.3, -0.25) is 19.2 Å². The fourth-order valence-corrected chi connectivity index (χ4v) is 6.24. The maximum atomic E-state index is 13.9. The molecule has 8 nitrogen and oxygen atoms in total. The zero-order chi connectivity index (χ0) is 26.6. The first kappa shape index (κ1) is 26.6. The van der Waals surface area contributed by atoms with Crippen LogP contribution in [0.2, 0.25) is 0 Å². The van der Waals surface area contributed by atoms with Crippen molar-refractivity contribution in [3.63, 3.8) is 0 Å². The van der Waals surface area contributed by atoms with Crippen LogP contribution in [0, 0.1) is 3.57 Å². The highest BCUT2D eigenvalue weighted by Gasteiger charge is 2.44. The van der Waals surface area contributed by atoms with Crippen LogP contribution in [0.1, 0.15) is 43.2 Å². The van der Waals surface area contributed by atoms with E-state index >= 15 is 0 Å². The number of benzene rings is 2. The van der Waals surface area contributed by atoms with E-state index in [1.807, 2.05) is 54.6 Å². The molecule has 4 atom stereocenters. The molecule has 3 saturated heterocycles. The standard InChI is InChI=1S/C29H33IN4O4/c30-21-12-10-20(11-13-21)17-23-28(37)34-15-5-9-25(34)29(38)33-14-4-8-24(33)27(36)31-22(18-26(35)32-23)16-19-6-2-1-3-7-19/h1-3,6-7,10-13,22-25H,4-5,8-9,14-18H2,(H,31,36)(H,32,35). The van der Waals surface area contributed by atoms with E-state index in [2.05, 4.69) is 33.2 Å². The van der Waals surface area contributed by atoms with Crippen LogP contribution in [-0.4, -0.2) is 70.7 Å². The van der Waals surface area contributed by atoms with Gasteiger partial charge in [0.25, 0.3) is 0 Å². The summed E-state index contributed by atoms with van der Waals surface area (Å²) in [5, 5.41) is 6.04. The molecule has 2 N–H and O–H groups in total. The summed E-state index contributed by atoms with van der Waals surface area (Å²) in [6.45, 7) is 0.970. The zero-order valence-corrected chi connectivity index (χ0v) is 23.4. The van der Waals surface area contributed by atoms with Crippen LogP contribution in [0.3, 0.4) is 0 Å². The number of halogens is 1. The molecule has 0 aliphatic carbocycles. The molecule has 5 rings (SSSR count). The van der Waals surface area contributed by atoms with Crippen LogP contribution >= 0.6 is 22.6 Å². The molecule has 200 valence electrons. The average Bonchev–Trinajstić information content (AvgIpc) is 3.59. The first-order valence-corrected chi connectivity index (χ1v) is 14.5. The molecule has 3 aliphatic rings. The van der Waals surface area contributed by atoms with Gasteiger partial charge in [0.15, 0.2) is 0 Å². The fourth-order valence-electron chi connectivity index (χ4n) is 5.89. The molecular weight excluding hydrogens is 595 g/mol. The molecule has 4 unspecified atom stereocenters. The van der Waals surface area contributed by atoms with Gasteiger partial charge in [0, 0.05) is 35.5 Å². The largest absolute Gasteiger partial charge is 0.351 e. The molecule has 3 heterocycles. The van der Waals surface area contributed by atoms with Crippen LogP contribution in [0.25, 0.3) is 0 Å². The van der Waals surface area contributed by atoms with Crippen molar-refractivity contribution in [3.05, 3.63) is 69.3 Å². The van der Waals surface area contributed by atoms with Gasteiger partial charge in [0.05, 0.1) is 0 Å². The Labute approximate surface area is 236 Å². The predicted octanol–water partition coefficient (Wildman–Crippen LogP) is 2.43. The molecule has 2 aromatic rings. The first-order chi connectivity index (χ1) is 18.4. The average molecular weight is 629 g/mol. The lowest BCUT2D eigenvalue weighted by molar-refractivity contribution is -0.147. The van der Waals surface area contributed by atoms with Crippen molar-refractivity contribution in [2.75, 3.05) is 13.1 Å². The summed E-state index contributed by atoms with van der Waals surface area (Å²) in [4.78, 5) is 57.7. The molecule has 3 aliphatic heterocycles. The lowest BCUT2D eigenvalue weighted by Gasteiger charge is -2.32. The summed E-state index contributed by atoms with van der Waals surface area (Å²) in [6, 6.07) is 15.1. The Hall–Kier alpha value is -2.95. The van der Waals surface area contributed by atoms with Gasteiger partial charge >= 0.3 is 0 Å². The second kappa shape index (κ2) is 11.8. The van der Waals surface area contributed by atoms with Gasteiger partial charge in [-0.25, -0.2) is 0 Å². The SMILES string of the molecule is O=C1CC(Cc2ccccc2)NC(=O)C2CCCN2C(=O)C2CCCN2C(=O)C(Cc2ccc(I)cc2)N1. The van der Waals surface area contributed by atoms with Gasteiger partial charge in [-0.15, -0.1) is 0 Å².